The molecule has 0 amide bonds. The first-order chi connectivity index (χ1) is 13.3. The summed E-state index contributed by atoms with van der Waals surface area (Å²) in [6.07, 6.45) is 1.55. The van der Waals surface area contributed by atoms with Crippen molar-refractivity contribution in [1.29, 1.82) is 0 Å². The van der Waals surface area contributed by atoms with Gasteiger partial charge in [-0.1, -0.05) is 11.6 Å². The van der Waals surface area contributed by atoms with E-state index in [0.717, 1.165) is 0 Å². The predicted molar refractivity (Wildman–Crippen MR) is 102 cm³/mol. The zero-order valence-corrected chi connectivity index (χ0v) is 16.2. The Kier molecular flexibility index (Phi) is 5.90. The van der Waals surface area contributed by atoms with Gasteiger partial charge in [-0.3, -0.25) is 9.36 Å². The number of benzene rings is 1. The molecule has 0 N–H and O–H groups in total. The van der Waals surface area contributed by atoms with E-state index < -0.39 is 6.61 Å². The maximum Gasteiger partial charge on any atom is 0.387 e. The molecule has 28 heavy (non-hydrogen) atoms. The van der Waals surface area contributed by atoms with Crippen LogP contribution in [0.4, 0.5) is 8.78 Å². The van der Waals surface area contributed by atoms with E-state index in [1.807, 2.05) is 6.92 Å². The Balaban J connectivity index is 2.22. The lowest BCUT2D eigenvalue weighted by Crippen LogP contribution is -2.29. The van der Waals surface area contributed by atoms with Gasteiger partial charge in [-0.25, -0.2) is 9.97 Å². The maximum absolute atomic E-state index is 12.7. The summed E-state index contributed by atoms with van der Waals surface area (Å²) in [4.78, 5) is 21.4. The lowest BCUT2D eigenvalue weighted by Gasteiger charge is -2.18. The number of ether oxygens (including phenoxy) is 2. The maximum atomic E-state index is 12.7. The van der Waals surface area contributed by atoms with Gasteiger partial charge in [0.15, 0.2) is 5.65 Å². The molecule has 2 aromatic heterocycles. The van der Waals surface area contributed by atoms with Gasteiger partial charge in [0.05, 0.1) is 17.7 Å². The molecule has 0 saturated heterocycles. The van der Waals surface area contributed by atoms with E-state index in [4.69, 9.17) is 16.3 Å². The summed E-state index contributed by atoms with van der Waals surface area (Å²) in [5, 5.41) is 0.216. The lowest BCUT2D eigenvalue weighted by molar-refractivity contribution is -0.0498. The number of hydrogen-bond acceptors (Lipinski definition) is 5. The molecule has 3 rings (SSSR count). The number of pyridine rings is 1. The fourth-order valence-electron chi connectivity index (χ4n) is 3.05. The zero-order valence-electron chi connectivity index (χ0n) is 15.4. The summed E-state index contributed by atoms with van der Waals surface area (Å²) >= 11 is 6.31. The SMILES string of the molecule is COC[C@@H](C)n1c(=O)c(C)nc2c(-c3ccc(OC(F)F)cc3Cl)ccnc21. The second kappa shape index (κ2) is 8.20. The Morgan fingerprint density at radius 1 is 1.25 bits per heavy atom. The highest BCUT2D eigenvalue weighted by atomic mass is 35.5. The van der Waals surface area contributed by atoms with Crippen LogP contribution in [0.15, 0.2) is 35.3 Å². The fraction of sp³-hybridized carbons (Fsp3) is 0.316. The number of aryl methyl sites for hydroxylation is 1. The summed E-state index contributed by atoms with van der Waals surface area (Å²) in [5.41, 5.74) is 2.10. The molecule has 0 spiro atoms. The van der Waals surface area contributed by atoms with Crippen LogP contribution in [0.3, 0.4) is 0 Å². The van der Waals surface area contributed by atoms with Crippen LogP contribution in [0, 0.1) is 6.92 Å². The van der Waals surface area contributed by atoms with Gasteiger partial charge >= 0.3 is 6.61 Å². The molecule has 0 aliphatic carbocycles. The average molecular weight is 410 g/mol. The minimum Gasteiger partial charge on any atom is -0.435 e. The highest BCUT2D eigenvalue weighted by Gasteiger charge is 2.19. The van der Waals surface area contributed by atoms with Gasteiger partial charge in [0.25, 0.3) is 5.56 Å². The molecule has 3 aromatic rings. The first kappa shape index (κ1) is 20.2. The number of fused-ring (bicyclic) bond motifs is 1. The third kappa shape index (κ3) is 3.83. The van der Waals surface area contributed by atoms with E-state index in [1.165, 1.54) is 16.7 Å². The van der Waals surface area contributed by atoms with Crippen LogP contribution < -0.4 is 10.3 Å². The van der Waals surface area contributed by atoms with E-state index in [0.29, 0.717) is 34.6 Å². The smallest absolute Gasteiger partial charge is 0.387 e. The number of aromatic nitrogens is 3. The standard InChI is InChI=1S/C19H18ClF2N3O3/c1-10(9-27-3)25-17-16(24-11(2)18(25)26)14(6-7-23-17)13-5-4-12(8-15(13)20)28-19(21)22/h4-8,10,19H,9H2,1-3H3/t10-/m1/s1. The molecule has 1 atom stereocenters. The van der Waals surface area contributed by atoms with Crippen molar-refractivity contribution in [3.63, 3.8) is 0 Å². The van der Waals surface area contributed by atoms with Crippen molar-refractivity contribution in [2.45, 2.75) is 26.5 Å². The van der Waals surface area contributed by atoms with Crippen molar-refractivity contribution in [3.05, 3.63) is 51.5 Å². The molecule has 0 aliphatic heterocycles. The Labute approximate surface area is 164 Å². The average Bonchev–Trinajstić information content (AvgIpc) is 2.62. The Bertz CT molecular complexity index is 1070. The van der Waals surface area contributed by atoms with Gasteiger partial charge in [-0.15, -0.1) is 0 Å². The molecule has 0 aliphatic rings. The molecular formula is C19H18ClF2N3O3. The van der Waals surface area contributed by atoms with Crippen LogP contribution in [0.25, 0.3) is 22.3 Å². The summed E-state index contributed by atoms with van der Waals surface area (Å²) in [6, 6.07) is 5.72. The predicted octanol–water partition coefficient (Wildman–Crippen LogP) is 4.23. The minimum atomic E-state index is -2.94. The molecule has 148 valence electrons. The van der Waals surface area contributed by atoms with E-state index in [9.17, 15) is 13.6 Å². The van der Waals surface area contributed by atoms with Crippen LogP contribution in [0.1, 0.15) is 18.7 Å². The third-order valence-electron chi connectivity index (χ3n) is 4.25. The second-order valence-corrected chi connectivity index (χ2v) is 6.63. The molecule has 0 bridgehead atoms. The van der Waals surface area contributed by atoms with Gasteiger partial charge in [0.2, 0.25) is 0 Å². The number of nitrogens with zero attached hydrogens (tertiary/aromatic N) is 3. The van der Waals surface area contributed by atoms with Crippen molar-refractivity contribution < 1.29 is 18.3 Å². The summed E-state index contributed by atoms with van der Waals surface area (Å²) in [5.74, 6) is -0.0446. The number of rotatable bonds is 6. The summed E-state index contributed by atoms with van der Waals surface area (Å²) in [7, 11) is 1.55. The summed E-state index contributed by atoms with van der Waals surface area (Å²) < 4.78 is 35.9. The molecule has 1 aromatic carbocycles. The molecule has 0 radical (unpaired) electrons. The van der Waals surface area contributed by atoms with Crippen molar-refractivity contribution in [2.75, 3.05) is 13.7 Å². The number of alkyl halides is 2. The Morgan fingerprint density at radius 3 is 2.64 bits per heavy atom. The van der Waals surface area contributed by atoms with Crippen LogP contribution in [-0.2, 0) is 4.74 Å². The molecule has 9 heteroatoms. The quantitative estimate of drug-likeness (QED) is 0.609. The largest absolute Gasteiger partial charge is 0.435 e. The van der Waals surface area contributed by atoms with E-state index in [2.05, 4.69) is 14.7 Å². The topological polar surface area (TPSA) is 66.2 Å². The van der Waals surface area contributed by atoms with E-state index >= 15 is 0 Å². The van der Waals surface area contributed by atoms with E-state index in [1.54, 1.807) is 32.4 Å². The Morgan fingerprint density at radius 2 is 2.00 bits per heavy atom. The highest BCUT2D eigenvalue weighted by molar-refractivity contribution is 6.33. The molecule has 0 unspecified atom stereocenters. The molecule has 6 nitrogen and oxygen atoms in total. The monoisotopic (exact) mass is 409 g/mol. The van der Waals surface area contributed by atoms with Gasteiger partial charge in [-0.2, -0.15) is 8.78 Å². The Hall–Kier alpha value is -2.58. The van der Waals surface area contributed by atoms with Gasteiger partial charge in [-0.05, 0) is 38.1 Å². The van der Waals surface area contributed by atoms with E-state index in [-0.39, 0.29) is 22.4 Å². The van der Waals surface area contributed by atoms with Gasteiger partial charge in [0, 0.05) is 24.4 Å². The second-order valence-electron chi connectivity index (χ2n) is 6.23. The molecular weight excluding hydrogens is 392 g/mol. The molecule has 2 heterocycles. The van der Waals surface area contributed by atoms with Gasteiger partial charge < -0.3 is 9.47 Å². The fourth-order valence-corrected chi connectivity index (χ4v) is 3.32. The van der Waals surface area contributed by atoms with Crippen molar-refractivity contribution >= 4 is 22.8 Å². The first-order valence-electron chi connectivity index (χ1n) is 8.45. The van der Waals surface area contributed by atoms with Crippen LogP contribution in [0.2, 0.25) is 5.02 Å². The van der Waals surface area contributed by atoms with Crippen LogP contribution >= 0.6 is 11.6 Å². The minimum absolute atomic E-state index is 0.0446. The lowest BCUT2D eigenvalue weighted by atomic mass is 10.1. The van der Waals surface area contributed by atoms with Crippen molar-refractivity contribution in [1.82, 2.24) is 14.5 Å². The number of halogens is 3. The number of methoxy groups -OCH3 is 1. The summed E-state index contributed by atoms with van der Waals surface area (Å²) in [6.45, 7) is 0.854. The number of hydrogen-bond donors (Lipinski definition) is 0. The van der Waals surface area contributed by atoms with Crippen LogP contribution in [-0.4, -0.2) is 34.9 Å². The van der Waals surface area contributed by atoms with Crippen LogP contribution in [0.5, 0.6) is 5.75 Å². The zero-order chi connectivity index (χ0) is 20.4. The third-order valence-corrected chi connectivity index (χ3v) is 4.56. The van der Waals surface area contributed by atoms with Gasteiger partial charge in [0.1, 0.15) is 17.0 Å². The molecule has 0 saturated carbocycles. The van der Waals surface area contributed by atoms with Crippen molar-refractivity contribution in [2.24, 2.45) is 0 Å². The first-order valence-corrected chi connectivity index (χ1v) is 8.82. The normalized spacial score (nSPS) is 12.5. The molecule has 0 fully saturated rings. The highest BCUT2D eigenvalue weighted by Crippen LogP contribution is 2.34. The van der Waals surface area contributed by atoms with Crippen molar-refractivity contribution in [3.8, 4) is 16.9 Å².